The van der Waals surface area contributed by atoms with Crippen LogP contribution < -0.4 is 5.32 Å². The van der Waals surface area contributed by atoms with Crippen molar-refractivity contribution in [3.05, 3.63) is 70.5 Å². The highest BCUT2D eigenvalue weighted by molar-refractivity contribution is 6.11. The molecule has 0 spiro atoms. The number of nitrogens with one attached hydrogen (secondary N) is 1. The van der Waals surface area contributed by atoms with Gasteiger partial charge in [-0.25, -0.2) is 9.18 Å². The first-order valence-corrected chi connectivity index (χ1v) is 8.79. The molecule has 0 aromatic heterocycles. The Bertz CT molecular complexity index is 924. The number of hydrogen-bond donors (Lipinski definition) is 1. The first-order chi connectivity index (χ1) is 12.8. The molecule has 1 saturated heterocycles. The molecule has 140 valence electrons. The van der Waals surface area contributed by atoms with Gasteiger partial charge in [0.2, 0.25) is 0 Å². The van der Waals surface area contributed by atoms with E-state index in [-0.39, 0.29) is 18.7 Å². The summed E-state index contributed by atoms with van der Waals surface area (Å²) in [6, 6.07) is 10.1. The fourth-order valence-electron chi connectivity index (χ4n) is 3.29. The minimum Gasteiger partial charge on any atom is -0.319 e. The van der Waals surface area contributed by atoms with Crippen LogP contribution in [0.3, 0.4) is 0 Å². The second-order valence-electron chi connectivity index (χ2n) is 6.81. The maximum absolute atomic E-state index is 13.2. The molecule has 27 heavy (non-hydrogen) atoms. The molecule has 1 aliphatic heterocycles. The Morgan fingerprint density at radius 2 is 1.74 bits per heavy atom. The van der Waals surface area contributed by atoms with E-state index in [1.54, 1.807) is 19.1 Å². The lowest BCUT2D eigenvalue weighted by atomic mass is 9.87. The number of imide groups is 1. The SMILES string of the molecule is CCC1(c2ccc(F)cc2)NC(=O)N(CC(=O)c2ccc(C)c(C)c2)C1=O. The number of carbonyl (C=O) groups excluding carboxylic acids is 3. The molecule has 2 aromatic rings. The molecule has 0 radical (unpaired) electrons. The molecule has 6 heteroatoms. The van der Waals surface area contributed by atoms with Crippen LogP contribution in [0.5, 0.6) is 0 Å². The standard InChI is InChI=1S/C21H21FN2O3/c1-4-21(16-7-9-17(22)10-8-16)19(26)24(20(27)23-21)12-18(25)15-6-5-13(2)14(3)11-15/h5-11H,4,12H2,1-3H3,(H,23,27). The van der Waals surface area contributed by atoms with Crippen molar-refractivity contribution in [1.29, 1.82) is 0 Å². The predicted molar refractivity (Wildman–Crippen MR) is 98.9 cm³/mol. The second-order valence-corrected chi connectivity index (χ2v) is 6.81. The van der Waals surface area contributed by atoms with Crippen LogP contribution in [0.25, 0.3) is 0 Å². The van der Waals surface area contributed by atoms with Crippen LogP contribution in [0, 0.1) is 19.7 Å². The van der Waals surface area contributed by atoms with E-state index in [1.807, 2.05) is 19.9 Å². The lowest BCUT2D eigenvalue weighted by Crippen LogP contribution is -2.43. The molecule has 1 atom stereocenters. The van der Waals surface area contributed by atoms with Crippen molar-refractivity contribution in [2.24, 2.45) is 0 Å². The summed E-state index contributed by atoms with van der Waals surface area (Å²) in [5.74, 6) is -1.24. The van der Waals surface area contributed by atoms with Crippen molar-refractivity contribution >= 4 is 17.7 Å². The molecule has 1 N–H and O–H groups in total. The minimum atomic E-state index is -1.28. The molecule has 3 rings (SSSR count). The third-order valence-corrected chi connectivity index (χ3v) is 5.17. The van der Waals surface area contributed by atoms with E-state index in [0.717, 1.165) is 16.0 Å². The third kappa shape index (κ3) is 3.23. The number of Topliss-reactive ketones (excluding diaryl/α,β-unsaturated/α-hetero) is 1. The summed E-state index contributed by atoms with van der Waals surface area (Å²) in [5.41, 5.74) is 1.68. The zero-order valence-corrected chi connectivity index (χ0v) is 15.5. The Labute approximate surface area is 157 Å². The van der Waals surface area contributed by atoms with Gasteiger partial charge in [0.05, 0.1) is 6.54 Å². The van der Waals surface area contributed by atoms with Crippen LogP contribution in [0.1, 0.15) is 40.4 Å². The molecule has 3 amide bonds. The van der Waals surface area contributed by atoms with Crippen molar-refractivity contribution < 1.29 is 18.8 Å². The van der Waals surface area contributed by atoms with Gasteiger partial charge in [-0.15, -0.1) is 0 Å². The number of carbonyl (C=O) groups is 3. The number of hydrogen-bond acceptors (Lipinski definition) is 3. The van der Waals surface area contributed by atoms with Crippen LogP contribution in [0.2, 0.25) is 0 Å². The van der Waals surface area contributed by atoms with Gasteiger partial charge in [0.15, 0.2) is 5.78 Å². The molecular formula is C21H21FN2O3. The average Bonchev–Trinajstić information content (AvgIpc) is 2.89. The topological polar surface area (TPSA) is 66.5 Å². The lowest BCUT2D eigenvalue weighted by molar-refractivity contribution is -0.131. The molecule has 0 aliphatic carbocycles. The molecule has 2 aromatic carbocycles. The quantitative estimate of drug-likeness (QED) is 0.649. The number of nitrogens with zero attached hydrogens (tertiary/aromatic N) is 1. The summed E-state index contributed by atoms with van der Waals surface area (Å²) in [7, 11) is 0. The van der Waals surface area contributed by atoms with Gasteiger partial charge in [0.25, 0.3) is 5.91 Å². The van der Waals surface area contributed by atoms with Gasteiger partial charge in [-0.1, -0.05) is 31.2 Å². The first-order valence-electron chi connectivity index (χ1n) is 8.79. The van der Waals surface area contributed by atoms with Crippen LogP contribution in [-0.2, 0) is 10.3 Å². The maximum Gasteiger partial charge on any atom is 0.325 e. The molecule has 1 heterocycles. The summed E-state index contributed by atoms with van der Waals surface area (Å²) >= 11 is 0. The van der Waals surface area contributed by atoms with Crippen LogP contribution in [-0.4, -0.2) is 29.2 Å². The smallest absolute Gasteiger partial charge is 0.319 e. The summed E-state index contributed by atoms with van der Waals surface area (Å²) in [6.45, 7) is 5.27. The number of benzene rings is 2. The number of ketones is 1. The van der Waals surface area contributed by atoms with Gasteiger partial charge in [0.1, 0.15) is 11.4 Å². The van der Waals surface area contributed by atoms with Crippen molar-refractivity contribution in [1.82, 2.24) is 10.2 Å². The van der Waals surface area contributed by atoms with Crippen molar-refractivity contribution in [2.45, 2.75) is 32.7 Å². The van der Waals surface area contributed by atoms with Gasteiger partial charge in [-0.2, -0.15) is 0 Å². The van der Waals surface area contributed by atoms with Crippen LogP contribution >= 0.6 is 0 Å². The Kier molecular flexibility index (Phi) is 4.83. The fourth-order valence-corrected chi connectivity index (χ4v) is 3.29. The van der Waals surface area contributed by atoms with Gasteiger partial charge in [-0.05, 0) is 55.2 Å². The highest BCUT2D eigenvalue weighted by atomic mass is 19.1. The molecule has 1 unspecified atom stereocenters. The highest BCUT2D eigenvalue weighted by Gasteiger charge is 2.51. The number of amides is 3. The minimum absolute atomic E-state index is 0.289. The fraction of sp³-hybridized carbons (Fsp3) is 0.286. The van der Waals surface area contributed by atoms with E-state index < -0.39 is 23.3 Å². The maximum atomic E-state index is 13.2. The van der Waals surface area contributed by atoms with E-state index in [9.17, 15) is 18.8 Å². The molecule has 1 aliphatic rings. The number of halogens is 1. The second kappa shape index (κ2) is 6.95. The molecule has 0 saturated carbocycles. The van der Waals surface area contributed by atoms with Gasteiger partial charge in [-0.3, -0.25) is 14.5 Å². The monoisotopic (exact) mass is 368 g/mol. The Balaban J connectivity index is 1.87. The first kappa shape index (κ1) is 18.8. The normalized spacial score (nSPS) is 19.3. The van der Waals surface area contributed by atoms with E-state index in [1.165, 1.54) is 24.3 Å². The van der Waals surface area contributed by atoms with E-state index in [4.69, 9.17) is 0 Å². The van der Waals surface area contributed by atoms with Crippen molar-refractivity contribution in [2.75, 3.05) is 6.54 Å². The molecular weight excluding hydrogens is 347 g/mol. The van der Waals surface area contributed by atoms with Gasteiger partial charge in [0, 0.05) is 5.56 Å². The third-order valence-electron chi connectivity index (χ3n) is 5.17. The van der Waals surface area contributed by atoms with Crippen LogP contribution in [0.15, 0.2) is 42.5 Å². The Morgan fingerprint density at radius 1 is 1.07 bits per heavy atom. The zero-order valence-electron chi connectivity index (χ0n) is 15.5. The molecule has 5 nitrogen and oxygen atoms in total. The molecule has 1 fully saturated rings. The van der Waals surface area contributed by atoms with Crippen molar-refractivity contribution in [3.8, 4) is 0 Å². The summed E-state index contributed by atoms with van der Waals surface area (Å²) < 4.78 is 13.2. The Morgan fingerprint density at radius 3 is 2.33 bits per heavy atom. The zero-order chi connectivity index (χ0) is 19.8. The van der Waals surface area contributed by atoms with Gasteiger partial charge >= 0.3 is 6.03 Å². The van der Waals surface area contributed by atoms with Crippen molar-refractivity contribution in [3.63, 3.8) is 0 Å². The van der Waals surface area contributed by atoms with Crippen LogP contribution in [0.4, 0.5) is 9.18 Å². The van der Waals surface area contributed by atoms with E-state index in [2.05, 4.69) is 5.32 Å². The number of rotatable bonds is 5. The predicted octanol–water partition coefficient (Wildman–Crippen LogP) is 3.48. The summed E-state index contributed by atoms with van der Waals surface area (Å²) in [4.78, 5) is 39.0. The largest absolute Gasteiger partial charge is 0.325 e. The van der Waals surface area contributed by atoms with Gasteiger partial charge < -0.3 is 5.32 Å². The molecule has 0 bridgehead atoms. The number of aryl methyl sites for hydroxylation is 2. The lowest BCUT2D eigenvalue weighted by Gasteiger charge is -2.25. The van der Waals surface area contributed by atoms with E-state index >= 15 is 0 Å². The van der Waals surface area contributed by atoms with E-state index in [0.29, 0.717) is 11.1 Å². The number of urea groups is 1. The Hall–Kier alpha value is -3.02. The summed E-state index contributed by atoms with van der Waals surface area (Å²) in [6.07, 6.45) is 0.289. The highest BCUT2D eigenvalue weighted by Crippen LogP contribution is 2.32. The summed E-state index contributed by atoms with van der Waals surface area (Å²) in [5, 5.41) is 2.69. The average molecular weight is 368 g/mol.